The molecule has 3 aromatic rings. The summed E-state index contributed by atoms with van der Waals surface area (Å²) in [5.74, 6) is -1.74. The fraction of sp³-hybridized carbons (Fsp3) is 0.172. The molecule has 2 amide bonds. The zero-order valence-corrected chi connectivity index (χ0v) is 24.2. The van der Waals surface area contributed by atoms with Crippen LogP contribution in [0.25, 0.3) is 0 Å². The van der Waals surface area contributed by atoms with E-state index in [1.165, 1.54) is 12.3 Å². The van der Waals surface area contributed by atoms with Gasteiger partial charge in [-0.05, 0) is 68.4 Å². The Balaban J connectivity index is 1.52. The van der Waals surface area contributed by atoms with Crippen molar-refractivity contribution in [1.29, 1.82) is 5.26 Å². The van der Waals surface area contributed by atoms with Gasteiger partial charge in [0.05, 0.1) is 63.1 Å². The van der Waals surface area contributed by atoms with Gasteiger partial charge in [0.15, 0.2) is 0 Å². The van der Waals surface area contributed by atoms with Gasteiger partial charge in [0, 0.05) is 16.4 Å². The van der Waals surface area contributed by atoms with Crippen LogP contribution in [0.2, 0.25) is 10.0 Å². The number of hydrogen-bond donors (Lipinski definition) is 3. The van der Waals surface area contributed by atoms with E-state index in [1.807, 2.05) is 0 Å². The molecular weight excluding hydrogens is 587 g/mol. The number of amides is 2. The maximum absolute atomic E-state index is 13.5. The Hall–Kier alpha value is -4.17. The molecule has 1 aliphatic heterocycles. The molecular formula is C29H24Cl2N4O5S. The van der Waals surface area contributed by atoms with Crippen molar-refractivity contribution in [2.75, 3.05) is 23.0 Å². The molecule has 0 saturated carbocycles. The first kappa shape index (κ1) is 29.8. The van der Waals surface area contributed by atoms with E-state index in [1.54, 1.807) is 62.4 Å². The first-order valence-corrected chi connectivity index (χ1v) is 14.1. The number of benzene rings is 2. The van der Waals surface area contributed by atoms with Crippen LogP contribution in [0, 0.1) is 11.3 Å². The lowest BCUT2D eigenvalue weighted by molar-refractivity contribution is -0.114. The van der Waals surface area contributed by atoms with Crippen molar-refractivity contribution in [3.05, 3.63) is 104 Å². The molecule has 0 spiro atoms. The summed E-state index contributed by atoms with van der Waals surface area (Å²) in [6, 6.07) is 16.6. The van der Waals surface area contributed by atoms with Crippen LogP contribution in [0.4, 0.5) is 11.4 Å². The van der Waals surface area contributed by atoms with Crippen LogP contribution in [0.1, 0.15) is 35.9 Å². The van der Waals surface area contributed by atoms with Gasteiger partial charge in [0.2, 0.25) is 5.91 Å². The molecule has 41 heavy (non-hydrogen) atoms. The van der Waals surface area contributed by atoms with Crippen molar-refractivity contribution in [3.63, 3.8) is 0 Å². The lowest BCUT2D eigenvalue weighted by atomic mass is 9.85. The average molecular weight is 612 g/mol. The van der Waals surface area contributed by atoms with Gasteiger partial charge < -0.3 is 25.1 Å². The summed E-state index contributed by atoms with van der Waals surface area (Å²) in [7, 11) is 0. The summed E-state index contributed by atoms with van der Waals surface area (Å²) in [6.07, 6.45) is 1.46. The second kappa shape index (κ2) is 13.5. The number of ether oxygens (including phenoxy) is 1. The highest BCUT2D eigenvalue weighted by atomic mass is 35.5. The van der Waals surface area contributed by atoms with Crippen molar-refractivity contribution < 1.29 is 23.5 Å². The first-order chi connectivity index (χ1) is 19.7. The van der Waals surface area contributed by atoms with Gasteiger partial charge in [0.1, 0.15) is 5.76 Å². The summed E-state index contributed by atoms with van der Waals surface area (Å²) >= 11 is 13.3. The molecule has 2 aromatic carbocycles. The van der Waals surface area contributed by atoms with Crippen LogP contribution in [-0.2, 0) is 14.3 Å². The number of nitrogens with one attached hydrogen (secondary N) is 3. The van der Waals surface area contributed by atoms with E-state index < -0.39 is 17.8 Å². The highest BCUT2D eigenvalue weighted by Gasteiger charge is 2.36. The molecule has 210 valence electrons. The molecule has 4 rings (SSSR count). The van der Waals surface area contributed by atoms with Crippen LogP contribution in [0.15, 0.2) is 87.1 Å². The Morgan fingerprint density at radius 2 is 1.88 bits per heavy atom. The molecule has 1 aromatic heterocycles. The molecule has 0 unspecified atom stereocenters. The molecule has 1 atom stereocenters. The van der Waals surface area contributed by atoms with Crippen LogP contribution in [0.5, 0.6) is 0 Å². The molecule has 2 heterocycles. The van der Waals surface area contributed by atoms with Crippen LogP contribution in [-0.4, -0.2) is 30.1 Å². The zero-order valence-electron chi connectivity index (χ0n) is 21.9. The number of hydrogen-bond acceptors (Lipinski definition) is 8. The number of carbonyl (C=O) groups excluding carboxylic acids is 3. The minimum absolute atomic E-state index is 0.0345. The number of thioether (sulfide) groups is 1. The largest absolute Gasteiger partial charge is 0.468 e. The summed E-state index contributed by atoms with van der Waals surface area (Å²) in [4.78, 5) is 38.0. The van der Waals surface area contributed by atoms with E-state index in [4.69, 9.17) is 32.4 Å². The van der Waals surface area contributed by atoms with Crippen LogP contribution in [0.3, 0.4) is 0 Å². The number of allylic oxidation sites excluding steroid dienone is 2. The Bertz CT molecular complexity index is 1580. The third kappa shape index (κ3) is 7.13. The zero-order chi connectivity index (χ0) is 29.5. The number of nitriles is 1. The van der Waals surface area contributed by atoms with Gasteiger partial charge in [-0.25, -0.2) is 4.79 Å². The smallest absolute Gasteiger partial charge is 0.338 e. The number of esters is 1. The van der Waals surface area contributed by atoms with Crippen LogP contribution < -0.4 is 16.0 Å². The van der Waals surface area contributed by atoms with Gasteiger partial charge in [0.25, 0.3) is 5.91 Å². The number of halogens is 2. The highest BCUT2D eigenvalue weighted by molar-refractivity contribution is 8.03. The van der Waals surface area contributed by atoms with E-state index in [9.17, 15) is 19.6 Å². The maximum atomic E-state index is 13.5. The number of carbonyl (C=O) groups is 3. The lowest BCUT2D eigenvalue weighted by Gasteiger charge is -2.28. The maximum Gasteiger partial charge on any atom is 0.338 e. The molecule has 12 heteroatoms. The summed E-state index contributed by atoms with van der Waals surface area (Å²) < 4.78 is 10.6. The highest BCUT2D eigenvalue weighted by Crippen LogP contribution is 2.41. The molecule has 0 fully saturated rings. The van der Waals surface area contributed by atoms with Crippen molar-refractivity contribution in [2.45, 2.75) is 19.8 Å². The predicted molar refractivity (Wildman–Crippen MR) is 159 cm³/mol. The average Bonchev–Trinajstić information content (AvgIpc) is 3.48. The number of furan rings is 1. The second-order valence-corrected chi connectivity index (χ2v) is 10.5. The molecule has 3 N–H and O–H groups in total. The van der Waals surface area contributed by atoms with Crippen molar-refractivity contribution in [2.24, 2.45) is 0 Å². The Morgan fingerprint density at radius 3 is 2.51 bits per heavy atom. The Kier molecular flexibility index (Phi) is 9.78. The quantitative estimate of drug-likeness (QED) is 0.235. The van der Waals surface area contributed by atoms with Gasteiger partial charge in [-0.15, -0.1) is 0 Å². The lowest BCUT2D eigenvalue weighted by Crippen LogP contribution is -2.31. The molecule has 0 aliphatic carbocycles. The first-order valence-electron chi connectivity index (χ1n) is 12.3. The van der Waals surface area contributed by atoms with Gasteiger partial charge >= 0.3 is 5.97 Å². The fourth-order valence-electron chi connectivity index (χ4n) is 4.09. The topological polar surface area (TPSA) is 133 Å². The summed E-state index contributed by atoms with van der Waals surface area (Å²) in [6.45, 7) is 3.69. The summed E-state index contributed by atoms with van der Waals surface area (Å²) in [5, 5.41) is 19.9. The third-order valence-electron chi connectivity index (χ3n) is 5.93. The third-order valence-corrected chi connectivity index (χ3v) is 7.49. The number of rotatable bonds is 9. The van der Waals surface area contributed by atoms with E-state index in [0.29, 0.717) is 38.4 Å². The van der Waals surface area contributed by atoms with E-state index in [2.05, 4.69) is 22.0 Å². The van der Waals surface area contributed by atoms with Gasteiger partial charge in [-0.3, -0.25) is 9.59 Å². The van der Waals surface area contributed by atoms with Crippen LogP contribution >= 0.6 is 35.0 Å². The van der Waals surface area contributed by atoms with Crippen molar-refractivity contribution in [1.82, 2.24) is 5.32 Å². The molecule has 9 nitrogen and oxygen atoms in total. The van der Waals surface area contributed by atoms with Gasteiger partial charge in [-0.1, -0.05) is 35.0 Å². The Morgan fingerprint density at radius 1 is 1.12 bits per heavy atom. The fourth-order valence-corrected chi connectivity index (χ4v) is 5.43. The minimum Gasteiger partial charge on any atom is -0.468 e. The van der Waals surface area contributed by atoms with Gasteiger partial charge in [-0.2, -0.15) is 5.26 Å². The minimum atomic E-state index is -0.830. The second-order valence-electron chi connectivity index (χ2n) is 8.68. The predicted octanol–water partition coefficient (Wildman–Crippen LogP) is 6.47. The Labute approximate surface area is 250 Å². The number of anilines is 2. The van der Waals surface area contributed by atoms with E-state index >= 15 is 0 Å². The molecule has 0 bridgehead atoms. The van der Waals surface area contributed by atoms with Crippen molar-refractivity contribution in [3.8, 4) is 6.07 Å². The molecule has 0 saturated heterocycles. The SMILES string of the molecule is CCOC(=O)c1ccc(NC(=O)CSC2=C(C#N)[C@H](c3ccco3)C(C(=O)Nc3ccc(Cl)cc3Cl)=C(C)N2)cc1. The monoisotopic (exact) mass is 610 g/mol. The standard InChI is InChI=1S/C29H24Cl2N4O5S/c1-3-39-29(38)17-6-9-19(10-7-17)34-24(36)15-41-28-20(14-32)26(23-5-4-12-40-23)25(16(2)33-28)27(37)35-22-11-8-18(30)13-21(22)31/h4-13,26,33H,3,15H2,1-2H3,(H,34,36)(H,35,37)/t26-/m1/s1. The summed E-state index contributed by atoms with van der Waals surface area (Å²) in [5.41, 5.74) is 2.19. The van der Waals surface area contributed by atoms with Crippen molar-refractivity contribution >= 4 is 64.1 Å². The molecule has 0 radical (unpaired) electrons. The number of dihydropyridines is 1. The molecule has 1 aliphatic rings. The number of nitrogens with zero attached hydrogens (tertiary/aromatic N) is 1. The van der Waals surface area contributed by atoms with E-state index in [0.717, 1.165) is 11.8 Å². The van der Waals surface area contributed by atoms with E-state index in [-0.39, 0.29) is 34.4 Å². The normalized spacial score (nSPS) is 14.7.